The SMILES string of the molecule is Cc1c(O)[nH]c(O)c1C(=O)[C@@H](NC(=O)CC(NC(=O)C=Cc1ccc2c(c1)OCO2)c1ccc(C(=O)O)cc1)C(C)C. The second-order valence-electron chi connectivity index (χ2n) is 10.1. The molecular formula is C30H31N3O9. The molecule has 0 spiro atoms. The number of aromatic hydroxyl groups is 2. The zero-order valence-electron chi connectivity index (χ0n) is 23.1. The van der Waals surface area contributed by atoms with E-state index >= 15 is 0 Å². The number of rotatable bonds is 11. The Kier molecular flexibility index (Phi) is 8.84. The number of carboxylic acids is 1. The van der Waals surface area contributed by atoms with E-state index in [-0.39, 0.29) is 41.7 Å². The van der Waals surface area contributed by atoms with E-state index in [1.807, 2.05) is 0 Å². The van der Waals surface area contributed by atoms with Crippen molar-refractivity contribution in [2.24, 2.45) is 5.92 Å². The number of nitrogens with one attached hydrogen (secondary N) is 3. The molecule has 3 aromatic rings. The van der Waals surface area contributed by atoms with Crippen molar-refractivity contribution in [2.45, 2.75) is 39.3 Å². The number of aromatic nitrogens is 1. The summed E-state index contributed by atoms with van der Waals surface area (Å²) in [7, 11) is 0. The number of benzene rings is 2. The maximum Gasteiger partial charge on any atom is 0.335 e. The molecule has 2 heterocycles. The quantitative estimate of drug-likeness (QED) is 0.147. The summed E-state index contributed by atoms with van der Waals surface area (Å²) >= 11 is 0. The van der Waals surface area contributed by atoms with Crippen LogP contribution in [-0.4, -0.2) is 56.7 Å². The molecule has 2 atom stereocenters. The predicted octanol–water partition coefficient (Wildman–Crippen LogP) is 3.45. The van der Waals surface area contributed by atoms with Crippen molar-refractivity contribution in [3.05, 3.63) is 76.4 Å². The lowest BCUT2D eigenvalue weighted by atomic mass is 9.93. The lowest BCUT2D eigenvalue weighted by Gasteiger charge is -2.24. The molecule has 2 aromatic carbocycles. The number of aromatic carboxylic acids is 1. The van der Waals surface area contributed by atoms with E-state index in [9.17, 15) is 34.5 Å². The molecular weight excluding hydrogens is 546 g/mol. The first-order valence-electron chi connectivity index (χ1n) is 13.1. The Morgan fingerprint density at radius 1 is 0.976 bits per heavy atom. The molecule has 1 aliphatic rings. The molecule has 220 valence electrons. The van der Waals surface area contributed by atoms with Gasteiger partial charge in [-0.05, 0) is 54.3 Å². The first kappa shape index (κ1) is 29.7. The van der Waals surface area contributed by atoms with Crippen LogP contribution in [0.5, 0.6) is 23.3 Å². The van der Waals surface area contributed by atoms with Crippen molar-refractivity contribution in [3.8, 4) is 23.3 Å². The fourth-order valence-electron chi connectivity index (χ4n) is 4.49. The summed E-state index contributed by atoms with van der Waals surface area (Å²) in [6.45, 7) is 5.01. The minimum atomic E-state index is -1.13. The van der Waals surface area contributed by atoms with Gasteiger partial charge in [0.15, 0.2) is 23.2 Å². The largest absolute Gasteiger partial charge is 0.494 e. The molecule has 4 rings (SSSR count). The Hall–Kier alpha value is -5.26. The van der Waals surface area contributed by atoms with Crippen LogP contribution < -0.4 is 20.1 Å². The highest BCUT2D eigenvalue weighted by atomic mass is 16.7. The van der Waals surface area contributed by atoms with E-state index in [0.29, 0.717) is 22.6 Å². The third kappa shape index (κ3) is 6.72. The van der Waals surface area contributed by atoms with Gasteiger partial charge in [0, 0.05) is 11.6 Å². The summed E-state index contributed by atoms with van der Waals surface area (Å²) in [5.41, 5.74) is 1.20. The average Bonchev–Trinajstić information content (AvgIpc) is 3.52. The second-order valence-corrected chi connectivity index (χ2v) is 10.1. The van der Waals surface area contributed by atoms with Crippen LogP contribution in [0.15, 0.2) is 48.5 Å². The van der Waals surface area contributed by atoms with Gasteiger partial charge in [-0.2, -0.15) is 0 Å². The molecule has 12 nitrogen and oxygen atoms in total. The van der Waals surface area contributed by atoms with Gasteiger partial charge in [0.05, 0.1) is 29.6 Å². The van der Waals surface area contributed by atoms with Crippen LogP contribution in [0.25, 0.3) is 6.08 Å². The first-order chi connectivity index (χ1) is 19.9. The average molecular weight is 578 g/mol. The topological polar surface area (TPSA) is 187 Å². The number of hydrogen-bond acceptors (Lipinski definition) is 8. The third-order valence-corrected chi connectivity index (χ3v) is 6.81. The van der Waals surface area contributed by atoms with Gasteiger partial charge in [0.1, 0.15) is 0 Å². The number of fused-ring (bicyclic) bond motifs is 1. The van der Waals surface area contributed by atoms with Crippen LogP contribution >= 0.6 is 0 Å². The van der Waals surface area contributed by atoms with Crippen molar-refractivity contribution in [1.82, 2.24) is 15.6 Å². The first-order valence-corrected chi connectivity index (χ1v) is 13.1. The monoisotopic (exact) mass is 577 g/mol. The predicted molar refractivity (Wildman–Crippen MR) is 150 cm³/mol. The fraction of sp³-hybridized carbons (Fsp3) is 0.267. The minimum absolute atomic E-state index is 0.0337. The number of H-pyrrole nitrogens is 1. The van der Waals surface area contributed by atoms with Crippen LogP contribution in [0.4, 0.5) is 0 Å². The third-order valence-electron chi connectivity index (χ3n) is 6.81. The molecule has 0 saturated carbocycles. The standard InChI is InChI=1S/C30H31N3O9/c1-15(2)26(27(36)25-16(3)28(37)33-29(25)38)32-24(35)13-20(18-6-8-19(9-7-18)30(39)40)31-23(34)11-5-17-4-10-21-22(12-17)42-14-41-21/h4-12,15,20,26,33,37-38H,13-14H2,1-3H3,(H,31,34)(H,32,35)(H,39,40)/t20?,26-/m0/s1. The van der Waals surface area contributed by atoms with Crippen molar-refractivity contribution in [1.29, 1.82) is 0 Å². The lowest BCUT2D eigenvalue weighted by molar-refractivity contribution is -0.123. The highest BCUT2D eigenvalue weighted by Gasteiger charge is 2.31. The summed E-state index contributed by atoms with van der Waals surface area (Å²) in [5.74, 6) is -2.91. The molecule has 0 radical (unpaired) electrons. The van der Waals surface area contributed by atoms with E-state index in [2.05, 4.69) is 15.6 Å². The summed E-state index contributed by atoms with van der Waals surface area (Å²) in [4.78, 5) is 53.0. The molecule has 42 heavy (non-hydrogen) atoms. The van der Waals surface area contributed by atoms with Gasteiger partial charge in [0.25, 0.3) is 0 Å². The Morgan fingerprint density at radius 3 is 2.29 bits per heavy atom. The Labute approximate surface area is 241 Å². The Morgan fingerprint density at radius 2 is 1.67 bits per heavy atom. The molecule has 0 aliphatic carbocycles. The second kappa shape index (κ2) is 12.5. The van der Waals surface area contributed by atoms with Gasteiger partial charge >= 0.3 is 5.97 Å². The van der Waals surface area contributed by atoms with Gasteiger partial charge in [-0.25, -0.2) is 4.79 Å². The van der Waals surface area contributed by atoms with Gasteiger partial charge in [-0.1, -0.05) is 32.0 Å². The maximum atomic E-state index is 13.2. The summed E-state index contributed by atoms with van der Waals surface area (Å²) in [6, 6.07) is 8.98. The zero-order valence-corrected chi connectivity index (χ0v) is 23.1. The molecule has 1 unspecified atom stereocenters. The van der Waals surface area contributed by atoms with Gasteiger partial charge in [-0.3, -0.25) is 19.4 Å². The molecule has 1 aromatic heterocycles. The van der Waals surface area contributed by atoms with Crippen molar-refractivity contribution in [3.63, 3.8) is 0 Å². The van der Waals surface area contributed by atoms with E-state index in [1.165, 1.54) is 37.3 Å². The zero-order chi connectivity index (χ0) is 30.6. The minimum Gasteiger partial charge on any atom is -0.494 e. The number of carbonyl (C=O) groups excluding carboxylic acids is 3. The molecule has 6 N–H and O–H groups in total. The number of amides is 2. The molecule has 1 aliphatic heterocycles. The van der Waals surface area contributed by atoms with E-state index in [1.54, 1.807) is 38.1 Å². The number of Topliss-reactive ketones (excluding diaryl/α,β-unsaturated/α-hetero) is 1. The van der Waals surface area contributed by atoms with E-state index in [4.69, 9.17) is 9.47 Å². The van der Waals surface area contributed by atoms with Gasteiger partial charge < -0.3 is 35.4 Å². The van der Waals surface area contributed by atoms with Crippen molar-refractivity contribution < 1.29 is 44.0 Å². The van der Waals surface area contributed by atoms with E-state index in [0.717, 1.165) is 0 Å². The van der Waals surface area contributed by atoms with Gasteiger partial charge in [-0.15, -0.1) is 0 Å². The molecule has 0 fully saturated rings. The Bertz CT molecular complexity index is 1540. The highest BCUT2D eigenvalue weighted by molar-refractivity contribution is 6.05. The fourth-order valence-corrected chi connectivity index (χ4v) is 4.49. The number of ether oxygens (including phenoxy) is 2. The molecule has 2 amide bonds. The Balaban J connectivity index is 1.52. The highest BCUT2D eigenvalue weighted by Crippen LogP contribution is 2.33. The normalized spacial score (nSPS) is 13.6. The summed E-state index contributed by atoms with van der Waals surface area (Å²) in [5, 5.41) is 34.7. The number of carboxylic acid groups (broad SMARTS) is 1. The van der Waals surface area contributed by atoms with Crippen molar-refractivity contribution >= 4 is 29.6 Å². The van der Waals surface area contributed by atoms with Crippen molar-refractivity contribution in [2.75, 3.05) is 6.79 Å². The molecule has 12 heteroatoms. The van der Waals surface area contributed by atoms with Crippen LogP contribution in [0.2, 0.25) is 0 Å². The number of ketones is 1. The number of aromatic amines is 1. The van der Waals surface area contributed by atoms with Crippen LogP contribution in [-0.2, 0) is 9.59 Å². The smallest absolute Gasteiger partial charge is 0.335 e. The van der Waals surface area contributed by atoms with Crippen LogP contribution in [0, 0.1) is 12.8 Å². The van der Waals surface area contributed by atoms with Crippen LogP contribution in [0.1, 0.15) is 63.7 Å². The number of hydrogen-bond donors (Lipinski definition) is 6. The molecule has 0 saturated heterocycles. The van der Waals surface area contributed by atoms with E-state index < -0.39 is 41.5 Å². The van der Waals surface area contributed by atoms with Gasteiger partial charge in [0.2, 0.25) is 24.5 Å². The van der Waals surface area contributed by atoms with Crippen LogP contribution in [0.3, 0.4) is 0 Å². The molecule has 0 bridgehead atoms. The number of carbonyl (C=O) groups is 4. The lowest BCUT2D eigenvalue weighted by Crippen LogP contribution is -2.45. The maximum absolute atomic E-state index is 13.2. The summed E-state index contributed by atoms with van der Waals surface area (Å²) in [6.07, 6.45) is 2.57. The summed E-state index contributed by atoms with van der Waals surface area (Å²) < 4.78 is 10.6.